The van der Waals surface area contributed by atoms with Gasteiger partial charge in [-0.05, 0) is 30.5 Å². The van der Waals surface area contributed by atoms with Gasteiger partial charge in [0.15, 0.2) is 0 Å². The van der Waals surface area contributed by atoms with Gasteiger partial charge < -0.3 is 5.32 Å². The maximum Gasteiger partial charge on any atom is 0.419 e. The van der Waals surface area contributed by atoms with Crippen molar-refractivity contribution in [2.75, 3.05) is 11.9 Å². The largest absolute Gasteiger partial charge is 0.419 e. The van der Waals surface area contributed by atoms with Crippen molar-refractivity contribution in [2.45, 2.75) is 26.4 Å². The van der Waals surface area contributed by atoms with Gasteiger partial charge in [0.25, 0.3) is 0 Å². The smallest absolute Gasteiger partial charge is 0.385 e. The van der Waals surface area contributed by atoms with Crippen LogP contribution in [0.3, 0.4) is 0 Å². The van der Waals surface area contributed by atoms with Crippen molar-refractivity contribution < 1.29 is 17.6 Å². The summed E-state index contributed by atoms with van der Waals surface area (Å²) in [5, 5.41) is 2.85. The number of hydrogen-bond acceptors (Lipinski definition) is 1. The second-order valence-corrected chi connectivity index (χ2v) is 4.30. The molecule has 0 aliphatic carbocycles. The zero-order chi connectivity index (χ0) is 13.1. The van der Waals surface area contributed by atoms with Crippen LogP contribution in [0.4, 0.5) is 23.2 Å². The van der Waals surface area contributed by atoms with Crippen LogP contribution < -0.4 is 5.32 Å². The van der Waals surface area contributed by atoms with E-state index in [0.29, 0.717) is 18.2 Å². The summed E-state index contributed by atoms with van der Waals surface area (Å²) in [6.45, 7) is 4.61. The molecule has 0 heterocycles. The van der Waals surface area contributed by atoms with Crippen LogP contribution in [0.5, 0.6) is 0 Å². The predicted molar refractivity (Wildman–Crippen MR) is 59.3 cm³/mol. The number of benzene rings is 1. The van der Waals surface area contributed by atoms with Gasteiger partial charge in [-0.25, -0.2) is 4.39 Å². The first kappa shape index (κ1) is 13.8. The van der Waals surface area contributed by atoms with E-state index >= 15 is 0 Å². The van der Waals surface area contributed by atoms with Gasteiger partial charge in [0.2, 0.25) is 0 Å². The molecular formula is C12H15F4N. The average Bonchev–Trinajstić information content (AvgIpc) is 2.18. The fraction of sp³-hybridized carbons (Fsp3) is 0.500. The lowest BCUT2D eigenvalue weighted by Crippen LogP contribution is -2.10. The number of hydrogen-bond donors (Lipinski definition) is 1. The molecule has 96 valence electrons. The second-order valence-electron chi connectivity index (χ2n) is 4.30. The third-order valence-electron chi connectivity index (χ3n) is 2.32. The molecule has 0 aliphatic rings. The summed E-state index contributed by atoms with van der Waals surface area (Å²) in [4.78, 5) is 0. The molecule has 1 nitrogen and oxygen atoms in total. The summed E-state index contributed by atoms with van der Waals surface area (Å²) in [5.41, 5.74) is -0.938. The zero-order valence-electron chi connectivity index (χ0n) is 9.74. The molecule has 0 saturated heterocycles. The lowest BCUT2D eigenvalue weighted by atomic mass is 10.1. The Labute approximate surface area is 97.8 Å². The molecule has 1 aromatic carbocycles. The van der Waals surface area contributed by atoms with E-state index in [-0.39, 0.29) is 0 Å². The van der Waals surface area contributed by atoms with Crippen LogP contribution in [0.1, 0.15) is 25.8 Å². The van der Waals surface area contributed by atoms with E-state index in [0.717, 1.165) is 18.6 Å². The van der Waals surface area contributed by atoms with Gasteiger partial charge in [-0.15, -0.1) is 0 Å². The van der Waals surface area contributed by atoms with Gasteiger partial charge in [0.05, 0.1) is 5.56 Å². The molecule has 0 saturated carbocycles. The highest BCUT2D eigenvalue weighted by Gasteiger charge is 2.34. The van der Waals surface area contributed by atoms with Crippen LogP contribution in [-0.2, 0) is 6.18 Å². The van der Waals surface area contributed by atoms with E-state index < -0.39 is 17.6 Å². The lowest BCUT2D eigenvalue weighted by molar-refractivity contribution is -0.139. The van der Waals surface area contributed by atoms with Crippen molar-refractivity contribution >= 4 is 5.69 Å². The Kier molecular flexibility index (Phi) is 4.37. The maximum absolute atomic E-state index is 13.0. The molecule has 0 fully saturated rings. The van der Waals surface area contributed by atoms with Crippen molar-refractivity contribution in [3.05, 3.63) is 29.6 Å². The first-order chi connectivity index (χ1) is 7.80. The average molecular weight is 249 g/mol. The molecule has 0 aliphatic heterocycles. The van der Waals surface area contributed by atoms with Crippen LogP contribution in [0, 0.1) is 11.7 Å². The van der Waals surface area contributed by atoms with Crippen molar-refractivity contribution in [1.82, 2.24) is 0 Å². The molecule has 0 spiro atoms. The van der Waals surface area contributed by atoms with Crippen LogP contribution >= 0.6 is 0 Å². The Morgan fingerprint density at radius 2 is 1.88 bits per heavy atom. The predicted octanol–water partition coefficient (Wildman–Crippen LogP) is 4.30. The molecule has 0 unspecified atom stereocenters. The summed E-state index contributed by atoms with van der Waals surface area (Å²) in [7, 11) is 0. The van der Waals surface area contributed by atoms with E-state index in [1.54, 1.807) is 0 Å². The molecule has 5 heteroatoms. The highest BCUT2D eigenvalue weighted by Crippen LogP contribution is 2.32. The van der Waals surface area contributed by atoms with E-state index in [1.165, 1.54) is 6.07 Å². The van der Waals surface area contributed by atoms with Crippen LogP contribution in [0.25, 0.3) is 0 Å². The molecule has 0 atom stereocenters. The number of anilines is 1. The third kappa shape index (κ3) is 4.24. The molecule has 0 radical (unpaired) electrons. The Balaban J connectivity index is 2.76. The highest BCUT2D eigenvalue weighted by molar-refractivity contribution is 5.47. The minimum absolute atomic E-state index is 0.291. The summed E-state index contributed by atoms with van der Waals surface area (Å²) in [6.07, 6.45) is -3.81. The first-order valence-electron chi connectivity index (χ1n) is 5.41. The minimum Gasteiger partial charge on any atom is -0.385 e. The van der Waals surface area contributed by atoms with Gasteiger partial charge in [0, 0.05) is 12.2 Å². The van der Waals surface area contributed by atoms with Crippen LogP contribution in [0.15, 0.2) is 18.2 Å². The molecule has 0 bridgehead atoms. The second kappa shape index (κ2) is 5.38. The van der Waals surface area contributed by atoms with E-state index in [9.17, 15) is 17.6 Å². The van der Waals surface area contributed by atoms with Crippen LogP contribution in [0.2, 0.25) is 0 Å². The quantitative estimate of drug-likeness (QED) is 0.784. The number of nitrogens with one attached hydrogen (secondary N) is 1. The summed E-state index contributed by atoms with van der Waals surface area (Å²) in [6, 6.07) is 2.95. The van der Waals surface area contributed by atoms with Gasteiger partial charge >= 0.3 is 6.18 Å². The van der Waals surface area contributed by atoms with E-state index in [4.69, 9.17) is 0 Å². The fourth-order valence-electron chi connectivity index (χ4n) is 1.36. The maximum atomic E-state index is 13.0. The zero-order valence-corrected chi connectivity index (χ0v) is 9.74. The molecule has 1 rings (SSSR count). The number of alkyl halides is 3. The molecule has 17 heavy (non-hydrogen) atoms. The Morgan fingerprint density at radius 1 is 1.24 bits per heavy atom. The van der Waals surface area contributed by atoms with Gasteiger partial charge in [0.1, 0.15) is 5.82 Å². The lowest BCUT2D eigenvalue weighted by Gasteiger charge is -2.12. The molecule has 0 aromatic heterocycles. The Bertz CT molecular complexity index is 371. The Morgan fingerprint density at radius 3 is 2.41 bits per heavy atom. The summed E-state index contributed by atoms with van der Waals surface area (Å²) in [5.74, 6) is -0.781. The van der Waals surface area contributed by atoms with E-state index in [1.807, 2.05) is 13.8 Å². The first-order valence-corrected chi connectivity index (χ1v) is 5.41. The molecule has 1 aromatic rings. The normalized spacial score (nSPS) is 11.9. The van der Waals surface area contributed by atoms with Crippen molar-refractivity contribution in [3.63, 3.8) is 0 Å². The highest BCUT2D eigenvalue weighted by atomic mass is 19.4. The van der Waals surface area contributed by atoms with Gasteiger partial charge in [-0.1, -0.05) is 13.8 Å². The molecular weight excluding hydrogens is 234 g/mol. The van der Waals surface area contributed by atoms with Gasteiger partial charge in [-0.3, -0.25) is 0 Å². The molecule has 0 amide bonds. The summed E-state index contributed by atoms with van der Waals surface area (Å²) >= 11 is 0. The van der Waals surface area contributed by atoms with E-state index in [2.05, 4.69) is 5.32 Å². The fourth-order valence-corrected chi connectivity index (χ4v) is 1.36. The van der Waals surface area contributed by atoms with Crippen molar-refractivity contribution in [1.29, 1.82) is 0 Å². The molecule has 1 N–H and O–H groups in total. The van der Waals surface area contributed by atoms with Crippen molar-refractivity contribution in [3.8, 4) is 0 Å². The summed E-state index contributed by atoms with van der Waals surface area (Å²) < 4.78 is 50.2. The number of halogens is 4. The topological polar surface area (TPSA) is 12.0 Å². The Hall–Kier alpha value is -1.26. The number of rotatable bonds is 4. The standard InChI is InChI=1S/C12H15F4N/c1-8(2)5-6-17-9-3-4-11(13)10(7-9)12(14,15)16/h3-4,7-8,17H,5-6H2,1-2H3. The van der Waals surface area contributed by atoms with Crippen molar-refractivity contribution in [2.24, 2.45) is 5.92 Å². The SMILES string of the molecule is CC(C)CCNc1ccc(F)c(C(F)(F)F)c1. The minimum atomic E-state index is -4.65. The third-order valence-corrected chi connectivity index (χ3v) is 2.32. The monoisotopic (exact) mass is 249 g/mol. The van der Waals surface area contributed by atoms with Gasteiger partial charge in [-0.2, -0.15) is 13.2 Å². The van der Waals surface area contributed by atoms with Crippen LogP contribution in [-0.4, -0.2) is 6.54 Å².